The molecule has 0 fully saturated rings. The second-order valence-corrected chi connectivity index (χ2v) is 11.0. The molecule has 168 valence electrons. The van der Waals surface area contributed by atoms with Crippen molar-refractivity contribution in [3.8, 4) is 0 Å². The summed E-state index contributed by atoms with van der Waals surface area (Å²) in [7, 11) is -3.42. The van der Waals surface area contributed by atoms with Gasteiger partial charge < -0.3 is 9.88 Å². The van der Waals surface area contributed by atoms with Gasteiger partial charge in [-0.25, -0.2) is 13.4 Å². The van der Waals surface area contributed by atoms with Gasteiger partial charge in [0.25, 0.3) is 0 Å². The molecule has 3 aromatic rings. The maximum absolute atomic E-state index is 13.4. The predicted octanol–water partition coefficient (Wildman–Crippen LogP) is 3.38. The minimum atomic E-state index is -3.42. The molecule has 0 spiro atoms. The van der Waals surface area contributed by atoms with Crippen LogP contribution in [0.3, 0.4) is 0 Å². The fourth-order valence-electron chi connectivity index (χ4n) is 4.11. The molecule has 4 rings (SSSR count). The Bertz CT molecular complexity index is 1180. The molecule has 0 radical (unpaired) electrons. The summed E-state index contributed by atoms with van der Waals surface area (Å²) < 4.78 is 27.5. The fourth-order valence-corrected chi connectivity index (χ4v) is 5.37. The number of nitrogens with zero attached hydrogens (tertiary/aromatic N) is 3. The first kappa shape index (κ1) is 22.7. The highest BCUT2D eigenvalue weighted by Crippen LogP contribution is 2.31. The van der Waals surface area contributed by atoms with E-state index in [-0.39, 0.29) is 24.8 Å². The SMILES string of the molecule is CS(=O)(=O)N1Cc2cc(Br)ccc2N(C(=O)Cc2cnc[nH]2)C[C@@H](Cc2ccccc2)C1. The van der Waals surface area contributed by atoms with Crippen LogP contribution in [0.15, 0.2) is 65.5 Å². The first-order valence-electron chi connectivity index (χ1n) is 10.3. The van der Waals surface area contributed by atoms with E-state index >= 15 is 0 Å². The summed E-state index contributed by atoms with van der Waals surface area (Å²) >= 11 is 3.48. The van der Waals surface area contributed by atoms with Crippen LogP contribution in [0.5, 0.6) is 0 Å². The van der Waals surface area contributed by atoms with Crippen molar-refractivity contribution >= 4 is 37.5 Å². The first-order chi connectivity index (χ1) is 15.3. The smallest absolute Gasteiger partial charge is 0.232 e. The van der Waals surface area contributed by atoms with Crippen molar-refractivity contribution in [2.24, 2.45) is 5.92 Å². The molecule has 0 aliphatic carbocycles. The molecule has 0 bridgehead atoms. The number of carbonyl (C=O) groups is 1. The average Bonchev–Trinajstić information content (AvgIpc) is 3.23. The number of hydrogen-bond acceptors (Lipinski definition) is 4. The first-order valence-corrected chi connectivity index (χ1v) is 13.0. The van der Waals surface area contributed by atoms with Crippen molar-refractivity contribution in [1.29, 1.82) is 0 Å². The number of H-pyrrole nitrogens is 1. The monoisotopic (exact) mass is 516 g/mol. The van der Waals surface area contributed by atoms with Crippen LogP contribution in [0.25, 0.3) is 0 Å². The van der Waals surface area contributed by atoms with E-state index < -0.39 is 10.0 Å². The van der Waals surface area contributed by atoms with Crippen LogP contribution in [0, 0.1) is 5.92 Å². The quantitative estimate of drug-likeness (QED) is 0.563. The van der Waals surface area contributed by atoms with Gasteiger partial charge in [0.2, 0.25) is 15.9 Å². The molecule has 0 saturated carbocycles. The van der Waals surface area contributed by atoms with E-state index in [9.17, 15) is 13.2 Å². The van der Waals surface area contributed by atoms with E-state index in [1.807, 2.05) is 48.5 Å². The predicted molar refractivity (Wildman–Crippen MR) is 128 cm³/mol. The summed E-state index contributed by atoms with van der Waals surface area (Å²) in [5.74, 6) is -0.113. The van der Waals surface area contributed by atoms with E-state index in [1.165, 1.54) is 10.6 Å². The Morgan fingerprint density at radius 2 is 1.97 bits per heavy atom. The van der Waals surface area contributed by atoms with Gasteiger partial charge in [0, 0.05) is 41.7 Å². The summed E-state index contributed by atoms with van der Waals surface area (Å²) in [5, 5.41) is 0. The van der Waals surface area contributed by atoms with Crippen molar-refractivity contribution in [1.82, 2.24) is 14.3 Å². The second kappa shape index (κ2) is 9.56. The summed E-state index contributed by atoms with van der Waals surface area (Å²) in [6, 6.07) is 15.6. The summed E-state index contributed by atoms with van der Waals surface area (Å²) in [6.07, 6.45) is 5.32. The molecule has 1 aromatic heterocycles. The molecule has 1 amide bonds. The minimum Gasteiger partial charge on any atom is -0.348 e. The molecular formula is C23H25BrN4O3S. The number of hydrogen-bond donors (Lipinski definition) is 1. The molecule has 1 N–H and O–H groups in total. The molecule has 32 heavy (non-hydrogen) atoms. The van der Waals surface area contributed by atoms with Crippen LogP contribution in [0.1, 0.15) is 16.8 Å². The lowest BCUT2D eigenvalue weighted by atomic mass is 9.96. The largest absolute Gasteiger partial charge is 0.348 e. The van der Waals surface area contributed by atoms with E-state index in [0.717, 1.165) is 27.0 Å². The Kier molecular flexibility index (Phi) is 6.78. The number of amides is 1. The number of carbonyl (C=O) groups excluding carboxylic acids is 1. The van der Waals surface area contributed by atoms with Gasteiger partial charge >= 0.3 is 0 Å². The molecule has 9 heteroatoms. The number of aromatic nitrogens is 2. The average molecular weight is 517 g/mol. The van der Waals surface area contributed by atoms with Gasteiger partial charge in [-0.05, 0) is 41.7 Å². The Labute approximate surface area is 196 Å². The maximum Gasteiger partial charge on any atom is 0.232 e. The van der Waals surface area contributed by atoms with Crippen LogP contribution in [0.2, 0.25) is 0 Å². The number of aromatic amines is 1. The van der Waals surface area contributed by atoms with Crippen molar-refractivity contribution in [3.63, 3.8) is 0 Å². The van der Waals surface area contributed by atoms with Crippen LogP contribution < -0.4 is 4.90 Å². The van der Waals surface area contributed by atoms with E-state index in [4.69, 9.17) is 0 Å². The topological polar surface area (TPSA) is 86.4 Å². The van der Waals surface area contributed by atoms with Crippen molar-refractivity contribution in [2.45, 2.75) is 19.4 Å². The molecule has 1 atom stereocenters. The highest BCUT2D eigenvalue weighted by molar-refractivity contribution is 9.10. The summed E-state index contributed by atoms with van der Waals surface area (Å²) in [6.45, 7) is 0.975. The Morgan fingerprint density at radius 3 is 2.66 bits per heavy atom. The summed E-state index contributed by atoms with van der Waals surface area (Å²) in [4.78, 5) is 22.2. The standard InChI is InChI=1S/C23H25BrN4O3S/c1-32(30,31)27-13-18(9-17-5-3-2-4-6-17)14-28(23(29)11-21-12-25-16-26-21)22-8-7-20(24)10-19(22)15-27/h2-8,10,12,16,18H,9,11,13-15H2,1H3,(H,25,26)/t18-/m0/s1. The molecule has 1 aliphatic heterocycles. The minimum absolute atomic E-state index is 0.0521. The van der Waals surface area contributed by atoms with Crippen LogP contribution >= 0.6 is 15.9 Å². The van der Waals surface area contributed by atoms with E-state index in [2.05, 4.69) is 25.9 Å². The third-order valence-corrected chi connectivity index (χ3v) is 7.32. The number of anilines is 1. The molecular weight excluding hydrogens is 492 g/mol. The van der Waals surface area contributed by atoms with Crippen molar-refractivity contribution < 1.29 is 13.2 Å². The van der Waals surface area contributed by atoms with Crippen LogP contribution in [-0.2, 0) is 34.2 Å². The number of nitrogens with one attached hydrogen (secondary N) is 1. The highest BCUT2D eigenvalue weighted by Gasteiger charge is 2.31. The number of rotatable bonds is 5. The van der Waals surface area contributed by atoms with Gasteiger partial charge in [-0.2, -0.15) is 4.31 Å². The third-order valence-electron chi connectivity index (χ3n) is 5.62. The number of sulfonamides is 1. The zero-order chi connectivity index (χ0) is 22.7. The highest BCUT2D eigenvalue weighted by atomic mass is 79.9. The second-order valence-electron chi connectivity index (χ2n) is 8.14. The van der Waals surface area contributed by atoms with Gasteiger partial charge in [-0.15, -0.1) is 0 Å². The molecule has 0 unspecified atom stereocenters. The summed E-state index contributed by atoms with van der Waals surface area (Å²) in [5.41, 5.74) is 3.39. The zero-order valence-electron chi connectivity index (χ0n) is 17.7. The van der Waals surface area contributed by atoms with E-state index in [0.29, 0.717) is 19.5 Å². The number of fused-ring (bicyclic) bond motifs is 1. The maximum atomic E-state index is 13.4. The Balaban J connectivity index is 1.73. The molecule has 0 saturated heterocycles. The van der Waals surface area contributed by atoms with E-state index in [1.54, 1.807) is 17.4 Å². The van der Waals surface area contributed by atoms with Crippen molar-refractivity contribution in [2.75, 3.05) is 24.2 Å². The van der Waals surface area contributed by atoms with Gasteiger partial charge in [0.05, 0.1) is 19.0 Å². The Hall–Kier alpha value is -2.49. The van der Waals surface area contributed by atoms with Gasteiger partial charge in [-0.1, -0.05) is 46.3 Å². The van der Waals surface area contributed by atoms with Crippen LogP contribution in [0.4, 0.5) is 5.69 Å². The lowest BCUT2D eigenvalue weighted by Gasteiger charge is -2.36. The van der Waals surface area contributed by atoms with Gasteiger partial charge in [-0.3, -0.25) is 4.79 Å². The molecule has 2 heterocycles. The zero-order valence-corrected chi connectivity index (χ0v) is 20.1. The fraction of sp³-hybridized carbons (Fsp3) is 0.304. The lowest BCUT2D eigenvalue weighted by Crippen LogP contribution is -2.45. The van der Waals surface area contributed by atoms with Gasteiger partial charge in [0.15, 0.2) is 0 Å². The third kappa shape index (κ3) is 5.46. The Morgan fingerprint density at radius 1 is 1.19 bits per heavy atom. The number of benzene rings is 2. The molecule has 2 aromatic carbocycles. The molecule has 1 aliphatic rings. The van der Waals surface area contributed by atoms with Crippen molar-refractivity contribution in [3.05, 3.63) is 82.3 Å². The number of imidazole rings is 1. The lowest BCUT2D eigenvalue weighted by molar-refractivity contribution is -0.118. The normalized spacial score (nSPS) is 17.4. The molecule has 7 nitrogen and oxygen atoms in total. The van der Waals surface area contributed by atoms with Gasteiger partial charge in [0.1, 0.15) is 0 Å². The van der Waals surface area contributed by atoms with Crippen LogP contribution in [-0.4, -0.2) is 47.9 Å². The number of halogens is 1.